The van der Waals surface area contributed by atoms with E-state index < -0.39 is 0 Å². The van der Waals surface area contributed by atoms with Gasteiger partial charge in [-0.15, -0.1) is 0 Å². The lowest BCUT2D eigenvalue weighted by molar-refractivity contribution is -0.136. The van der Waals surface area contributed by atoms with Crippen LogP contribution in [0.3, 0.4) is 0 Å². The normalized spacial score (nSPS) is 22.0. The molecule has 5 heteroatoms. The van der Waals surface area contributed by atoms with Gasteiger partial charge < -0.3 is 15.0 Å². The van der Waals surface area contributed by atoms with E-state index >= 15 is 0 Å². The summed E-state index contributed by atoms with van der Waals surface area (Å²) in [6, 6.07) is 0. The molecule has 2 aliphatic rings. The van der Waals surface area contributed by atoms with Crippen LogP contribution < -0.4 is 5.32 Å². The fraction of sp³-hybridized carbons (Fsp3) is 0.750. The molecule has 1 aliphatic carbocycles. The smallest absolute Gasteiger partial charge is 0.225 e. The van der Waals surface area contributed by atoms with E-state index in [2.05, 4.69) is 11.9 Å². The summed E-state index contributed by atoms with van der Waals surface area (Å²) in [5.74, 6) is 0.462. The fourth-order valence-corrected chi connectivity index (χ4v) is 2.62. The number of carbonyl (C=O) groups excluding carboxylic acids is 2. The van der Waals surface area contributed by atoms with E-state index in [1.54, 1.807) is 0 Å². The van der Waals surface area contributed by atoms with Crippen LogP contribution in [-0.4, -0.2) is 49.6 Å². The van der Waals surface area contributed by atoms with Crippen LogP contribution in [0.1, 0.15) is 32.6 Å². The highest BCUT2D eigenvalue weighted by Gasteiger charge is 2.36. The van der Waals surface area contributed by atoms with Gasteiger partial charge in [-0.05, 0) is 32.6 Å². The molecule has 2 fully saturated rings. The van der Waals surface area contributed by atoms with Crippen LogP contribution in [0.4, 0.5) is 0 Å². The van der Waals surface area contributed by atoms with Gasteiger partial charge in [-0.1, -0.05) is 12.2 Å². The molecular formula is C16H26N2O3. The summed E-state index contributed by atoms with van der Waals surface area (Å²) in [5, 5.41) is 2.90. The van der Waals surface area contributed by atoms with Crippen molar-refractivity contribution in [2.24, 2.45) is 11.8 Å². The Balaban J connectivity index is 1.66. The number of rotatable bonds is 7. The van der Waals surface area contributed by atoms with Gasteiger partial charge in [0.1, 0.15) is 0 Å². The summed E-state index contributed by atoms with van der Waals surface area (Å²) >= 11 is 0. The molecule has 0 aromatic rings. The quantitative estimate of drug-likeness (QED) is 0.569. The lowest BCUT2D eigenvalue weighted by Crippen LogP contribution is -2.46. The highest BCUT2D eigenvalue weighted by molar-refractivity contribution is 5.83. The number of ether oxygens (including phenoxy) is 1. The van der Waals surface area contributed by atoms with Crippen molar-refractivity contribution in [3.63, 3.8) is 0 Å². The Kier molecular flexibility index (Phi) is 5.79. The molecule has 0 aromatic carbocycles. The van der Waals surface area contributed by atoms with Crippen molar-refractivity contribution in [1.82, 2.24) is 10.2 Å². The third-order valence-electron chi connectivity index (χ3n) is 3.92. The third kappa shape index (κ3) is 5.16. The van der Waals surface area contributed by atoms with E-state index in [0.717, 1.165) is 37.8 Å². The van der Waals surface area contributed by atoms with Gasteiger partial charge in [0, 0.05) is 25.6 Å². The van der Waals surface area contributed by atoms with Crippen molar-refractivity contribution in [3.05, 3.63) is 12.2 Å². The summed E-state index contributed by atoms with van der Waals surface area (Å²) < 4.78 is 5.35. The zero-order chi connectivity index (χ0) is 15.2. The lowest BCUT2D eigenvalue weighted by Gasteiger charge is -2.32. The number of hydrogen-bond donors (Lipinski definition) is 1. The molecule has 1 aliphatic heterocycles. The van der Waals surface area contributed by atoms with Gasteiger partial charge in [0.15, 0.2) is 0 Å². The van der Waals surface area contributed by atoms with Gasteiger partial charge in [0.2, 0.25) is 11.8 Å². The molecule has 21 heavy (non-hydrogen) atoms. The second-order valence-electron chi connectivity index (χ2n) is 6.20. The molecule has 5 nitrogen and oxygen atoms in total. The van der Waals surface area contributed by atoms with Crippen molar-refractivity contribution in [2.75, 3.05) is 32.8 Å². The predicted octanol–water partition coefficient (Wildman–Crippen LogP) is 1.34. The van der Waals surface area contributed by atoms with E-state index in [0.29, 0.717) is 26.3 Å². The molecule has 0 radical (unpaired) electrons. The zero-order valence-electron chi connectivity index (χ0n) is 12.9. The Hall–Kier alpha value is -1.36. The molecule has 1 saturated carbocycles. The summed E-state index contributed by atoms with van der Waals surface area (Å²) in [6.07, 6.45) is 3.83. The van der Waals surface area contributed by atoms with Gasteiger partial charge in [0.05, 0.1) is 19.1 Å². The molecule has 0 bridgehead atoms. The molecule has 2 amide bonds. The van der Waals surface area contributed by atoms with Crippen LogP contribution >= 0.6 is 0 Å². The topological polar surface area (TPSA) is 58.6 Å². The van der Waals surface area contributed by atoms with Crippen molar-refractivity contribution in [2.45, 2.75) is 32.6 Å². The SMILES string of the molecule is C=C(C)COCCNC(=O)C1CCCN(C(=O)C2CC2)C1. The highest BCUT2D eigenvalue weighted by atomic mass is 16.5. The molecule has 2 rings (SSSR count). The predicted molar refractivity (Wildman–Crippen MR) is 80.7 cm³/mol. The minimum atomic E-state index is -0.0670. The van der Waals surface area contributed by atoms with Crippen LogP contribution in [-0.2, 0) is 14.3 Å². The standard InChI is InChI=1S/C16H26N2O3/c1-12(2)11-21-9-7-17-15(19)14-4-3-8-18(10-14)16(20)13-5-6-13/h13-14H,1,3-11H2,2H3,(H,17,19). The molecular weight excluding hydrogens is 268 g/mol. The van der Waals surface area contributed by atoms with Crippen LogP contribution in [0.2, 0.25) is 0 Å². The largest absolute Gasteiger partial charge is 0.375 e. The molecule has 0 spiro atoms. The number of piperidine rings is 1. The fourth-order valence-electron chi connectivity index (χ4n) is 2.62. The number of carbonyl (C=O) groups is 2. The zero-order valence-corrected chi connectivity index (χ0v) is 12.9. The molecule has 1 atom stereocenters. The van der Waals surface area contributed by atoms with Crippen LogP contribution in [0.5, 0.6) is 0 Å². The Morgan fingerprint density at radius 2 is 2.05 bits per heavy atom. The van der Waals surface area contributed by atoms with E-state index in [9.17, 15) is 9.59 Å². The van der Waals surface area contributed by atoms with Gasteiger partial charge in [-0.2, -0.15) is 0 Å². The number of amides is 2. The summed E-state index contributed by atoms with van der Waals surface area (Å²) in [6.45, 7) is 8.59. The Morgan fingerprint density at radius 1 is 1.29 bits per heavy atom. The molecule has 1 saturated heterocycles. The monoisotopic (exact) mass is 294 g/mol. The molecule has 1 unspecified atom stereocenters. The number of likely N-dealkylation sites (tertiary alicyclic amines) is 1. The second kappa shape index (κ2) is 7.59. The molecule has 1 N–H and O–H groups in total. The van der Waals surface area contributed by atoms with Crippen molar-refractivity contribution in [3.8, 4) is 0 Å². The minimum Gasteiger partial charge on any atom is -0.375 e. The van der Waals surface area contributed by atoms with Gasteiger partial charge in [-0.25, -0.2) is 0 Å². The maximum Gasteiger partial charge on any atom is 0.225 e. The second-order valence-corrected chi connectivity index (χ2v) is 6.20. The first-order chi connectivity index (χ1) is 10.1. The lowest BCUT2D eigenvalue weighted by atomic mass is 9.97. The summed E-state index contributed by atoms with van der Waals surface area (Å²) in [5.41, 5.74) is 0.975. The number of nitrogens with zero attached hydrogens (tertiary/aromatic N) is 1. The van der Waals surface area contributed by atoms with Crippen LogP contribution in [0, 0.1) is 11.8 Å². The Morgan fingerprint density at radius 3 is 2.71 bits per heavy atom. The van der Waals surface area contributed by atoms with Crippen LogP contribution in [0.15, 0.2) is 12.2 Å². The van der Waals surface area contributed by atoms with E-state index in [-0.39, 0.29) is 23.7 Å². The number of hydrogen-bond acceptors (Lipinski definition) is 3. The summed E-state index contributed by atoms with van der Waals surface area (Å²) in [7, 11) is 0. The first-order valence-corrected chi connectivity index (χ1v) is 7.86. The molecule has 0 aromatic heterocycles. The first-order valence-electron chi connectivity index (χ1n) is 7.86. The Bertz CT molecular complexity index is 404. The van der Waals surface area contributed by atoms with Crippen molar-refractivity contribution < 1.29 is 14.3 Å². The maximum atomic E-state index is 12.1. The maximum absolute atomic E-state index is 12.1. The average molecular weight is 294 g/mol. The van der Waals surface area contributed by atoms with Crippen LogP contribution in [0.25, 0.3) is 0 Å². The average Bonchev–Trinajstić information content (AvgIpc) is 3.30. The summed E-state index contributed by atoms with van der Waals surface area (Å²) in [4.78, 5) is 26.1. The number of nitrogens with one attached hydrogen (secondary N) is 1. The highest BCUT2D eigenvalue weighted by Crippen LogP contribution is 2.32. The van der Waals surface area contributed by atoms with E-state index in [1.807, 2.05) is 11.8 Å². The van der Waals surface area contributed by atoms with Crippen molar-refractivity contribution >= 4 is 11.8 Å². The molecule has 118 valence electrons. The van der Waals surface area contributed by atoms with Crippen molar-refractivity contribution in [1.29, 1.82) is 0 Å². The van der Waals surface area contributed by atoms with Gasteiger partial charge >= 0.3 is 0 Å². The third-order valence-corrected chi connectivity index (χ3v) is 3.92. The Labute approximate surface area is 126 Å². The molecule has 1 heterocycles. The van der Waals surface area contributed by atoms with E-state index in [1.165, 1.54) is 0 Å². The van der Waals surface area contributed by atoms with E-state index in [4.69, 9.17) is 4.74 Å². The van der Waals surface area contributed by atoms with Gasteiger partial charge in [-0.3, -0.25) is 9.59 Å². The van der Waals surface area contributed by atoms with Gasteiger partial charge in [0.25, 0.3) is 0 Å². The minimum absolute atomic E-state index is 0.0437. The first kappa shape index (κ1) is 16.0.